The molecule has 98 valence electrons. The van der Waals surface area contributed by atoms with Crippen LogP contribution in [0.2, 0.25) is 0 Å². The van der Waals surface area contributed by atoms with Gasteiger partial charge in [0.05, 0.1) is 0 Å². The molecule has 1 fully saturated rings. The third kappa shape index (κ3) is 3.28. The first-order valence-electron chi connectivity index (χ1n) is 6.25. The van der Waals surface area contributed by atoms with Crippen molar-refractivity contribution in [2.45, 2.75) is 25.7 Å². The van der Waals surface area contributed by atoms with Gasteiger partial charge in [0.2, 0.25) is 5.91 Å². The first-order chi connectivity index (χ1) is 8.58. The molecule has 0 radical (unpaired) electrons. The quantitative estimate of drug-likeness (QED) is 0.790. The molecule has 1 aliphatic rings. The van der Waals surface area contributed by atoms with Gasteiger partial charge < -0.3 is 4.90 Å². The number of amides is 1. The Bertz CT molecular complexity index is 443. The summed E-state index contributed by atoms with van der Waals surface area (Å²) >= 11 is 0. The van der Waals surface area contributed by atoms with Crippen LogP contribution >= 0.6 is 0 Å². The summed E-state index contributed by atoms with van der Waals surface area (Å²) in [6.45, 7) is 0.782. The van der Waals surface area contributed by atoms with Gasteiger partial charge in [0.1, 0.15) is 0 Å². The van der Waals surface area contributed by atoms with E-state index in [4.69, 9.17) is 0 Å². The number of nitrogens with zero attached hydrogens (tertiary/aromatic N) is 1. The molecule has 2 rings (SSSR count). The van der Waals surface area contributed by atoms with E-state index in [1.165, 1.54) is 25.0 Å². The molecule has 0 aromatic heterocycles. The van der Waals surface area contributed by atoms with Crippen LogP contribution in [-0.2, 0) is 11.2 Å². The van der Waals surface area contributed by atoms with Crippen LogP contribution in [0.3, 0.4) is 0 Å². The highest BCUT2D eigenvalue weighted by atomic mass is 19.2. The van der Waals surface area contributed by atoms with Crippen molar-refractivity contribution < 1.29 is 13.6 Å². The van der Waals surface area contributed by atoms with Gasteiger partial charge in [-0.25, -0.2) is 8.78 Å². The minimum absolute atomic E-state index is 0.00874. The highest BCUT2D eigenvalue weighted by molar-refractivity contribution is 5.76. The maximum Gasteiger partial charge on any atom is 0.222 e. The van der Waals surface area contributed by atoms with Crippen molar-refractivity contribution >= 4 is 5.91 Å². The second-order valence-electron chi connectivity index (χ2n) is 4.93. The van der Waals surface area contributed by atoms with Crippen LogP contribution in [0.5, 0.6) is 0 Å². The SMILES string of the molecule is CN(CC1CC1)C(=O)CCc1cccc(F)c1F. The summed E-state index contributed by atoms with van der Waals surface area (Å²) in [7, 11) is 1.77. The minimum atomic E-state index is -0.855. The van der Waals surface area contributed by atoms with E-state index < -0.39 is 11.6 Å². The number of aryl methyl sites for hydroxylation is 1. The van der Waals surface area contributed by atoms with Gasteiger partial charge in [0, 0.05) is 20.0 Å². The van der Waals surface area contributed by atoms with Gasteiger partial charge in [-0.05, 0) is 36.8 Å². The Morgan fingerprint density at radius 3 is 2.78 bits per heavy atom. The average molecular weight is 253 g/mol. The van der Waals surface area contributed by atoms with Gasteiger partial charge in [-0.2, -0.15) is 0 Å². The summed E-state index contributed by atoms with van der Waals surface area (Å²) < 4.78 is 26.3. The fourth-order valence-electron chi connectivity index (χ4n) is 1.96. The van der Waals surface area contributed by atoms with E-state index in [1.54, 1.807) is 11.9 Å². The summed E-state index contributed by atoms with van der Waals surface area (Å²) in [5, 5.41) is 0. The molecule has 1 aromatic carbocycles. The van der Waals surface area contributed by atoms with Crippen LogP contribution in [0.25, 0.3) is 0 Å². The summed E-state index contributed by atoms with van der Waals surface area (Å²) in [4.78, 5) is 13.5. The molecule has 0 atom stereocenters. The second kappa shape index (κ2) is 5.46. The highest BCUT2D eigenvalue weighted by Gasteiger charge is 2.24. The topological polar surface area (TPSA) is 20.3 Å². The van der Waals surface area contributed by atoms with Gasteiger partial charge in [-0.3, -0.25) is 4.79 Å². The third-order valence-corrected chi connectivity index (χ3v) is 3.29. The lowest BCUT2D eigenvalue weighted by Gasteiger charge is -2.16. The predicted octanol–water partition coefficient (Wildman–Crippen LogP) is 2.77. The van der Waals surface area contributed by atoms with Gasteiger partial charge in [0.15, 0.2) is 11.6 Å². The molecule has 2 nitrogen and oxygen atoms in total. The Balaban J connectivity index is 1.86. The minimum Gasteiger partial charge on any atom is -0.345 e. The summed E-state index contributed by atoms with van der Waals surface area (Å²) in [5.41, 5.74) is 0.267. The van der Waals surface area contributed by atoms with Gasteiger partial charge in [0.25, 0.3) is 0 Å². The fraction of sp³-hybridized carbons (Fsp3) is 0.500. The Morgan fingerprint density at radius 2 is 2.11 bits per heavy atom. The molecular formula is C14H17F2NO. The maximum absolute atomic E-state index is 13.4. The fourth-order valence-corrected chi connectivity index (χ4v) is 1.96. The summed E-state index contributed by atoms with van der Waals surface area (Å²) in [6.07, 6.45) is 2.85. The number of hydrogen-bond donors (Lipinski definition) is 0. The number of carbonyl (C=O) groups is 1. The molecule has 1 saturated carbocycles. The molecule has 0 saturated heterocycles. The molecule has 1 amide bonds. The maximum atomic E-state index is 13.4. The van der Waals surface area contributed by atoms with E-state index in [2.05, 4.69) is 0 Å². The standard InChI is InChI=1S/C14H17F2NO/c1-17(9-10-5-6-10)13(18)8-7-11-3-2-4-12(15)14(11)16/h2-4,10H,5-9H2,1H3. The number of hydrogen-bond acceptors (Lipinski definition) is 1. The number of carbonyl (C=O) groups excluding carboxylic acids is 1. The molecule has 1 aromatic rings. The first-order valence-corrected chi connectivity index (χ1v) is 6.25. The van der Waals surface area contributed by atoms with Crippen molar-refractivity contribution in [2.75, 3.05) is 13.6 Å². The lowest BCUT2D eigenvalue weighted by molar-refractivity contribution is -0.130. The average Bonchev–Trinajstić information content (AvgIpc) is 3.14. The second-order valence-corrected chi connectivity index (χ2v) is 4.93. The number of halogens is 2. The Labute approximate surface area is 106 Å². The predicted molar refractivity (Wildman–Crippen MR) is 65.0 cm³/mol. The van der Waals surface area contributed by atoms with Crippen LogP contribution in [0.15, 0.2) is 18.2 Å². The Morgan fingerprint density at radius 1 is 1.39 bits per heavy atom. The number of rotatable bonds is 5. The van der Waals surface area contributed by atoms with E-state index in [9.17, 15) is 13.6 Å². The summed E-state index contributed by atoms with van der Waals surface area (Å²) in [5.74, 6) is -1.06. The normalized spacial score (nSPS) is 14.6. The van der Waals surface area contributed by atoms with Gasteiger partial charge >= 0.3 is 0 Å². The Kier molecular flexibility index (Phi) is 3.94. The largest absolute Gasteiger partial charge is 0.345 e. The lowest BCUT2D eigenvalue weighted by Crippen LogP contribution is -2.28. The molecule has 4 heteroatoms. The zero-order valence-electron chi connectivity index (χ0n) is 10.5. The molecule has 18 heavy (non-hydrogen) atoms. The molecule has 1 aliphatic carbocycles. The highest BCUT2D eigenvalue weighted by Crippen LogP contribution is 2.29. The van der Waals surface area contributed by atoms with E-state index in [0.717, 1.165) is 12.6 Å². The van der Waals surface area contributed by atoms with Gasteiger partial charge in [-0.15, -0.1) is 0 Å². The molecule has 0 spiro atoms. The zero-order chi connectivity index (χ0) is 13.1. The Hall–Kier alpha value is -1.45. The van der Waals surface area contributed by atoms with Gasteiger partial charge in [-0.1, -0.05) is 12.1 Å². The van der Waals surface area contributed by atoms with Crippen molar-refractivity contribution in [1.82, 2.24) is 4.90 Å². The summed E-state index contributed by atoms with van der Waals surface area (Å²) in [6, 6.07) is 4.07. The lowest BCUT2D eigenvalue weighted by atomic mass is 10.1. The van der Waals surface area contributed by atoms with Crippen LogP contribution in [0.4, 0.5) is 8.78 Å². The van der Waals surface area contributed by atoms with E-state index in [-0.39, 0.29) is 24.3 Å². The van der Waals surface area contributed by atoms with E-state index in [1.807, 2.05) is 0 Å². The first kappa shape index (κ1) is 13.0. The van der Waals surface area contributed by atoms with Crippen LogP contribution < -0.4 is 0 Å². The van der Waals surface area contributed by atoms with Crippen molar-refractivity contribution in [3.05, 3.63) is 35.4 Å². The van der Waals surface area contributed by atoms with E-state index in [0.29, 0.717) is 5.92 Å². The van der Waals surface area contributed by atoms with Crippen molar-refractivity contribution in [3.63, 3.8) is 0 Å². The smallest absolute Gasteiger partial charge is 0.222 e. The molecule has 0 heterocycles. The molecule has 0 unspecified atom stereocenters. The monoisotopic (exact) mass is 253 g/mol. The van der Waals surface area contributed by atoms with Crippen LogP contribution in [0, 0.1) is 17.6 Å². The zero-order valence-corrected chi connectivity index (χ0v) is 10.5. The number of benzene rings is 1. The third-order valence-electron chi connectivity index (χ3n) is 3.29. The van der Waals surface area contributed by atoms with Crippen LogP contribution in [0.1, 0.15) is 24.8 Å². The van der Waals surface area contributed by atoms with Crippen molar-refractivity contribution in [3.8, 4) is 0 Å². The molecule has 0 N–H and O–H groups in total. The van der Waals surface area contributed by atoms with E-state index >= 15 is 0 Å². The van der Waals surface area contributed by atoms with Crippen molar-refractivity contribution in [2.24, 2.45) is 5.92 Å². The van der Waals surface area contributed by atoms with Crippen LogP contribution in [-0.4, -0.2) is 24.4 Å². The molecule has 0 bridgehead atoms. The molecule has 0 aliphatic heterocycles. The van der Waals surface area contributed by atoms with Crippen molar-refractivity contribution in [1.29, 1.82) is 0 Å². The molecular weight excluding hydrogens is 236 g/mol.